The van der Waals surface area contributed by atoms with Crippen molar-refractivity contribution in [3.8, 4) is 0 Å². The zero-order chi connectivity index (χ0) is 17.1. The maximum Gasteiger partial charge on any atom is 0.407 e. The highest BCUT2D eigenvalue weighted by Crippen LogP contribution is 2.53. The van der Waals surface area contributed by atoms with Gasteiger partial charge in [0.15, 0.2) is 0 Å². The largest absolute Gasteiger partial charge is 0.469 e. The Bertz CT molecular complexity index is 570. The number of amides is 1. The van der Waals surface area contributed by atoms with Gasteiger partial charge < -0.3 is 14.8 Å². The smallest absolute Gasteiger partial charge is 0.407 e. The molecule has 1 amide bonds. The molecule has 1 aromatic carbocycles. The van der Waals surface area contributed by atoms with E-state index in [0.717, 1.165) is 12.0 Å². The molecule has 1 saturated carbocycles. The summed E-state index contributed by atoms with van der Waals surface area (Å²) in [6.45, 7) is 6.10. The van der Waals surface area contributed by atoms with Gasteiger partial charge >= 0.3 is 12.1 Å². The minimum Gasteiger partial charge on any atom is -0.469 e. The lowest BCUT2D eigenvalue weighted by Crippen LogP contribution is -2.49. The van der Waals surface area contributed by atoms with Gasteiger partial charge in [-0.25, -0.2) is 4.79 Å². The summed E-state index contributed by atoms with van der Waals surface area (Å²) in [7, 11) is 1.40. The normalized spacial score (nSPS) is 25.7. The number of hydrogen-bond acceptors (Lipinski definition) is 4. The van der Waals surface area contributed by atoms with Gasteiger partial charge in [-0.1, -0.05) is 44.2 Å². The lowest BCUT2D eigenvalue weighted by molar-refractivity contribution is -0.157. The molecule has 1 N–H and O–H groups in total. The Labute approximate surface area is 137 Å². The van der Waals surface area contributed by atoms with Crippen LogP contribution in [-0.2, 0) is 20.9 Å². The Morgan fingerprint density at radius 3 is 2.48 bits per heavy atom. The number of benzene rings is 1. The van der Waals surface area contributed by atoms with Crippen LogP contribution in [0.3, 0.4) is 0 Å². The molecule has 0 heterocycles. The Kier molecular flexibility index (Phi) is 4.97. The third kappa shape index (κ3) is 3.33. The van der Waals surface area contributed by atoms with Crippen molar-refractivity contribution in [2.24, 2.45) is 10.8 Å². The number of carbonyl (C=O) groups is 2. The van der Waals surface area contributed by atoms with Gasteiger partial charge in [-0.15, -0.1) is 0 Å². The van der Waals surface area contributed by atoms with E-state index in [-0.39, 0.29) is 18.6 Å². The summed E-state index contributed by atoms with van der Waals surface area (Å²) in [5, 5.41) is 2.90. The molecule has 0 aromatic heterocycles. The molecule has 5 nitrogen and oxygen atoms in total. The van der Waals surface area contributed by atoms with Crippen LogP contribution in [0, 0.1) is 10.8 Å². The molecule has 2 atom stereocenters. The Morgan fingerprint density at radius 2 is 1.87 bits per heavy atom. The molecule has 2 rings (SSSR count). The first-order valence-corrected chi connectivity index (χ1v) is 7.87. The van der Waals surface area contributed by atoms with E-state index < -0.39 is 16.9 Å². The van der Waals surface area contributed by atoms with Crippen LogP contribution >= 0.6 is 0 Å². The van der Waals surface area contributed by atoms with Gasteiger partial charge in [0.05, 0.1) is 12.5 Å². The molecule has 0 radical (unpaired) electrons. The average Bonchev–Trinajstić information content (AvgIpc) is 2.77. The van der Waals surface area contributed by atoms with Crippen molar-refractivity contribution in [2.75, 3.05) is 7.11 Å². The number of hydrogen-bond donors (Lipinski definition) is 1. The van der Waals surface area contributed by atoms with Crippen molar-refractivity contribution in [3.05, 3.63) is 35.9 Å². The second kappa shape index (κ2) is 6.60. The molecule has 1 aromatic rings. The number of ether oxygens (including phenoxy) is 2. The molecule has 1 aliphatic rings. The summed E-state index contributed by atoms with van der Waals surface area (Å²) < 4.78 is 10.2. The second-order valence-electron chi connectivity index (χ2n) is 6.84. The van der Waals surface area contributed by atoms with E-state index in [1.165, 1.54) is 7.11 Å². The summed E-state index contributed by atoms with van der Waals surface area (Å²) in [6.07, 6.45) is 0.941. The molecule has 0 aliphatic heterocycles. The maximum atomic E-state index is 12.1. The van der Waals surface area contributed by atoms with E-state index in [4.69, 9.17) is 9.47 Å². The molecule has 0 saturated heterocycles. The molecule has 126 valence electrons. The van der Waals surface area contributed by atoms with E-state index in [1.54, 1.807) is 0 Å². The topological polar surface area (TPSA) is 64.6 Å². The predicted molar refractivity (Wildman–Crippen MR) is 86.7 cm³/mol. The standard InChI is InChI=1S/C18H25NO4/c1-17(2)14(10-11-18(17,3)15(20)22-4)19-16(21)23-12-13-8-6-5-7-9-13/h5-9,14H,10-12H2,1-4H3,(H,19,21). The van der Waals surface area contributed by atoms with Crippen LogP contribution in [0.2, 0.25) is 0 Å². The number of methoxy groups -OCH3 is 1. The van der Waals surface area contributed by atoms with Crippen molar-refractivity contribution in [1.82, 2.24) is 5.32 Å². The zero-order valence-corrected chi connectivity index (χ0v) is 14.2. The van der Waals surface area contributed by atoms with Crippen molar-refractivity contribution >= 4 is 12.1 Å². The minimum absolute atomic E-state index is 0.130. The van der Waals surface area contributed by atoms with E-state index in [9.17, 15) is 9.59 Å². The summed E-state index contributed by atoms with van der Waals surface area (Å²) in [5.41, 5.74) is -0.0851. The van der Waals surface area contributed by atoms with Crippen molar-refractivity contribution in [1.29, 1.82) is 0 Å². The lowest BCUT2D eigenvalue weighted by Gasteiger charge is -2.39. The molecule has 0 bridgehead atoms. The molecule has 23 heavy (non-hydrogen) atoms. The Morgan fingerprint density at radius 1 is 1.22 bits per heavy atom. The fourth-order valence-electron chi connectivity index (χ4n) is 3.25. The van der Waals surface area contributed by atoms with Gasteiger partial charge in [0.25, 0.3) is 0 Å². The summed E-state index contributed by atoms with van der Waals surface area (Å²) in [4.78, 5) is 24.2. The van der Waals surface area contributed by atoms with Crippen LogP contribution in [0.15, 0.2) is 30.3 Å². The van der Waals surface area contributed by atoms with Crippen LogP contribution in [0.4, 0.5) is 4.79 Å². The summed E-state index contributed by atoms with van der Waals surface area (Å²) in [6, 6.07) is 9.40. The van der Waals surface area contributed by atoms with E-state index in [1.807, 2.05) is 51.1 Å². The fourth-order valence-corrected chi connectivity index (χ4v) is 3.25. The van der Waals surface area contributed by atoms with E-state index in [2.05, 4.69) is 5.32 Å². The van der Waals surface area contributed by atoms with Crippen molar-refractivity contribution < 1.29 is 19.1 Å². The molecular weight excluding hydrogens is 294 g/mol. The molecule has 5 heteroatoms. The Balaban J connectivity index is 1.95. The summed E-state index contributed by atoms with van der Waals surface area (Å²) >= 11 is 0. The van der Waals surface area contributed by atoms with Gasteiger partial charge in [-0.2, -0.15) is 0 Å². The average molecular weight is 319 g/mol. The lowest BCUT2D eigenvalue weighted by atomic mass is 9.68. The SMILES string of the molecule is COC(=O)C1(C)CCC(NC(=O)OCc2ccccc2)C1(C)C. The monoisotopic (exact) mass is 319 g/mol. The van der Waals surface area contributed by atoms with Crippen LogP contribution in [0.1, 0.15) is 39.2 Å². The number of nitrogens with one attached hydrogen (secondary N) is 1. The third-order valence-electron chi connectivity index (χ3n) is 5.37. The summed E-state index contributed by atoms with van der Waals surface area (Å²) in [5.74, 6) is -0.232. The molecule has 1 aliphatic carbocycles. The molecule has 2 unspecified atom stereocenters. The van der Waals surface area contributed by atoms with E-state index >= 15 is 0 Å². The first-order valence-electron chi connectivity index (χ1n) is 7.87. The molecular formula is C18H25NO4. The zero-order valence-electron chi connectivity index (χ0n) is 14.2. The third-order valence-corrected chi connectivity index (χ3v) is 5.37. The van der Waals surface area contributed by atoms with Crippen LogP contribution < -0.4 is 5.32 Å². The maximum absolute atomic E-state index is 12.1. The highest BCUT2D eigenvalue weighted by Gasteiger charge is 2.57. The number of carbonyl (C=O) groups excluding carboxylic acids is 2. The van der Waals surface area contributed by atoms with Crippen molar-refractivity contribution in [2.45, 2.75) is 46.3 Å². The second-order valence-corrected chi connectivity index (χ2v) is 6.84. The molecule has 1 fully saturated rings. The number of rotatable bonds is 4. The van der Waals surface area contributed by atoms with Gasteiger partial charge in [-0.3, -0.25) is 4.79 Å². The molecule has 0 spiro atoms. The van der Waals surface area contributed by atoms with Gasteiger partial charge in [0, 0.05) is 11.5 Å². The minimum atomic E-state index is -0.612. The van der Waals surface area contributed by atoms with Crippen LogP contribution in [-0.4, -0.2) is 25.2 Å². The first kappa shape index (κ1) is 17.3. The van der Waals surface area contributed by atoms with Crippen molar-refractivity contribution in [3.63, 3.8) is 0 Å². The predicted octanol–water partition coefficient (Wildman–Crippen LogP) is 3.28. The van der Waals surface area contributed by atoms with Crippen LogP contribution in [0.5, 0.6) is 0 Å². The highest BCUT2D eigenvalue weighted by molar-refractivity contribution is 5.78. The van der Waals surface area contributed by atoms with Gasteiger partial charge in [-0.05, 0) is 25.3 Å². The highest BCUT2D eigenvalue weighted by atomic mass is 16.5. The van der Waals surface area contributed by atoms with Gasteiger partial charge in [0.1, 0.15) is 6.61 Å². The van der Waals surface area contributed by atoms with E-state index in [0.29, 0.717) is 6.42 Å². The van der Waals surface area contributed by atoms with Crippen LogP contribution in [0.25, 0.3) is 0 Å². The quantitative estimate of drug-likeness (QED) is 0.865. The number of alkyl carbamates (subject to hydrolysis) is 1. The Hall–Kier alpha value is -2.04. The fraction of sp³-hybridized carbons (Fsp3) is 0.556. The first-order chi connectivity index (χ1) is 10.8. The number of esters is 1. The van der Waals surface area contributed by atoms with Gasteiger partial charge in [0.2, 0.25) is 0 Å².